The van der Waals surface area contributed by atoms with Crippen LogP contribution >= 0.6 is 0 Å². The lowest BCUT2D eigenvalue weighted by atomic mass is 10.1. The van der Waals surface area contributed by atoms with Gasteiger partial charge in [-0.15, -0.1) is 0 Å². The summed E-state index contributed by atoms with van der Waals surface area (Å²) in [6.45, 7) is 0. The smallest absolute Gasteiger partial charge is 0.224 e. The first-order chi connectivity index (χ1) is 11.6. The summed E-state index contributed by atoms with van der Waals surface area (Å²) in [6, 6.07) is 9.36. The maximum Gasteiger partial charge on any atom is 0.224 e. The molecule has 1 aromatic rings. The molecule has 0 saturated carbocycles. The van der Waals surface area contributed by atoms with E-state index in [9.17, 15) is 9.59 Å². The van der Waals surface area contributed by atoms with Crippen LogP contribution in [0.2, 0.25) is 0 Å². The van der Waals surface area contributed by atoms with Gasteiger partial charge in [0.05, 0.1) is 5.70 Å². The predicted molar refractivity (Wildman–Crippen MR) is 93.7 cm³/mol. The average Bonchev–Trinajstić information content (AvgIpc) is 2.57. The summed E-state index contributed by atoms with van der Waals surface area (Å²) in [7, 11) is 0. The zero-order valence-electron chi connectivity index (χ0n) is 13.5. The third kappa shape index (κ3) is 6.01. The Bertz CT molecular complexity index is 722. The number of amides is 2. The molecule has 0 fully saturated rings. The van der Waals surface area contributed by atoms with Gasteiger partial charge in [-0.1, -0.05) is 30.4 Å². The van der Waals surface area contributed by atoms with Crippen LogP contribution in [0, 0.1) is 0 Å². The Labute approximate surface area is 141 Å². The fourth-order valence-electron chi connectivity index (χ4n) is 2.20. The summed E-state index contributed by atoms with van der Waals surface area (Å²) in [5.41, 5.74) is 13.0. The minimum atomic E-state index is -0.105. The van der Waals surface area contributed by atoms with Crippen molar-refractivity contribution in [3.8, 4) is 0 Å². The molecule has 0 aliphatic heterocycles. The van der Waals surface area contributed by atoms with E-state index in [1.807, 2.05) is 30.3 Å². The van der Waals surface area contributed by atoms with Gasteiger partial charge in [-0.3, -0.25) is 9.59 Å². The molecule has 1 aliphatic rings. The lowest BCUT2D eigenvalue weighted by molar-refractivity contribution is -0.120. The Morgan fingerprint density at radius 1 is 0.958 bits per heavy atom. The van der Waals surface area contributed by atoms with E-state index in [1.54, 1.807) is 12.2 Å². The van der Waals surface area contributed by atoms with Crippen LogP contribution in [0.5, 0.6) is 0 Å². The maximum atomic E-state index is 11.8. The quantitative estimate of drug-likeness (QED) is 0.508. The minimum absolute atomic E-state index is 0.00662. The molecule has 5 nitrogen and oxygen atoms in total. The molecule has 0 unspecified atom stereocenters. The molecule has 24 heavy (non-hydrogen) atoms. The van der Waals surface area contributed by atoms with E-state index in [4.69, 9.17) is 5.73 Å². The molecule has 0 spiro atoms. The van der Waals surface area contributed by atoms with Crippen molar-refractivity contribution in [2.24, 2.45) is 5.73 Å². The van der Waals surface area contributed by atoms with Gasteiger partial charge in [0.1, 0.15) is 5.70 Å². The van der Waals surface area contributed by atoms with Crippen molar-refractivity contribution >= 4 is 17.5 Å². The van der Waals surface area contributed by atoms with Gasteiger partial charge in [0.25, 0.3) is 0 Å². The van der Waals surface area contributed by atoms with Gasteiger partial charge in [0.2, 0.25) is 11.8 Å². The molecule has 2 rings (SSSR count). The number of rotatable bonds is 8. The lowest BCUT2D eigenvalue weighted by Crippen LogP contribution is -2.25. The molecule has 0 aromatic heterocycles. The lowest BCUT2D eigenvalue weighted by Gasteiger charge is -2.08. The molecule has 5 heteroatoms. The fourth-order valence-corrected chi connectivity index (χ4v) is 2.20. The number of para-hydroxylation sites is 1. The van der Waals surface area contributed by atoms with Crippen LogP contribution in [-0.2, 0) is 9.59 Å². The van der Waals surface area contributed by atoms with Crippen molar-refractivity contribution in [3.63, 3.8) is 0 Å². The second kappa shape index (κ2) is 9.21. The number of unbranched alkanes of at least 4 members (excludes halogenated alkanes) is 2. The van der Waals surface area contributed by atoms with Crippen molar-refractivity contribution in [3.05, 3.63) is 65.3 Å². The van der Waals surface area contributed by atoms with Crippen LogP contribution in [0.25, 0.3) is 0 Å². The molecule has 0 bridgehead atoms. The monoisotopic (exact) mass is 323 g/mol. The maximum absolute atomic E-state index is 11.8. The number of hydrogen-bond donors (Lipinski definition) is 3. The van der Waals surface area contributed by atoms with Crippen LogP contribution in [0.15, 0.2) is 65.3 Å². The van der Waals surface area contributed by atoms with Gasteiger partial charge in [-0.25, -0.2) is 0 Å². The van der Waals surface area contributed by atoms with Gasteiger partial charge >= 0.3 is 0 Å². The van der Waals surface area contributed by atoms with Crippen LogP contribution in [-0.4, -0.2) is 11.8 Å². The summed E-state index contributed by atoms with van der Waals surface area (Å²) >= 11 is 0. The number of anilines is 1. The highest BCUT2D eigenvalue weighted by molar-refractivity contribution is 5.90. The molecule has 0 radical (unpaired) electrons. The van der Waals surface area contributed by atoms with E-state index in [0.29, 0.717) is 24.2 Å². The largest absolute Gasteiger partial charge is 0.396 e. The van der Waals surface area contributed by atoms with Crippen LogP contribution < -0.4 is 16.4 Å². The van der Waals surface area contributed by atoms with E-state index in [-0.39, 0.29) is 11.8 Å². The van der Waals surface area contributed by atoms with Gasteiger partial charge in [0, 0.05) is 18.5 Å². The highest BCUT2D eigenvalue weighted by atomic mass is 16.2. The van der Waals surface area contributed by atoms with E-state index in [0.717, 1.165) is 24.9 Å². The number of carbonyl (C=O) groups is 2. The number of benzene rings is 1. The van der Waals surface area contributed by atoms with Crippen LogP contribution in [0.4, 0.5) is 5.69 Å². The fraction of sp³-hybridized carbons (Fsp3) is 0.263. The normalized spacial score (nSPS) is 12.3. The van der Waals surface area contributed by atoms with Crippen LogP contribution in [0.1, 0.15) is 32.1 Å². The summed E-state index contributed by atoms with van der Waals surface area (Å²) in [6.07, 6.45) is 6.44. The first-order valence-electron chi connectivity index (χ1n) is 7.98. The molecule has 1 aliphatic carbocycles. The number of carbonyl (C=O) groups excluding carboxylic acids is 2. The Kier molecular flexibility index (Phi) is 6.66. The summed E-state index contributed by atoms with van der Waals surface area (Å²) in [4.78, 5) is 23.6. The number of nitrogens with one attached hydrogen (secondary N) is 2. The van der Waals surface area contributed by atoms with E-state index in [1.165, 1.54) is 0 Å². The standard InChI is InChI=1S/C19H21N3O2/c20-16-11-7-8-12-17(16)22-19(24)14-6-2-5-13-18(23)21-15-9-3-1-4-10-15/h1,3-4,7,9-11H,2,5-6,13-14,20H2,(H,21,23)(H,22,24). The third-order valence-electron chi connectivity index (χ3n) is 3.46. The zero-order valence-corrected chi connectivity index (χ0v) is 13.5. The second-order valence-electron chi connectivity index (χ2n) is 5.46. The Hall–Kier alpha value is -3.00. The second-order valence-corrected chi connectivity index (χ2v) is 5.46. The van der Waals surface area contributed by atoms with E-state index < -0.39 is 0 Å². The van der Waals surface area contributed by atoms with Gasteiger partial charge < -0.3 is 16.4 Å². The first kappa shape index (κ1) is 17.4. The zero-order chi connectivity index (χ0) is 17.2. The summed E-state index contributed by atoms with van der Waals surface area (Å²) in [5.74, 6) is -0.112. The van der Waals surface area contributed by atoms with E-state index >= 15 is 0 Å². The average molecular weight is 323 g/mol. The highest BCUT2D eigenvalue weighted by Crippen LogP contribution is 2.09. The molecule has 2 amide bonds. The summed E-state index contributed by atoms with van der Waals surface area (Å²) < 4.78 is 0. The Morgan fingerprint density at radius 2 is 1.62 bits per heavy atom. The molecular weight excluding hydrogens is 302 g/mol. The number of allylic oxidation sites excluding steroid dienone is 2. The van der Waals surface area contributed by atoms with Crippen molar-refractivity contribution in [1.82, 2.24) is 5.32 Å². The van der Waals surface area contributed by atoms with Crippen molar-refractivity contribution in [2.75, 3.05) is 5.32 Å². The molecule has 0 saturated heterocycles. The molecule has 0 heterocycles. The Morgan fingerprint density at radius 3 is 2.29 bits per heavy atom. The third-order valence-corrected chi connectivity index (χ3v) is 3.46. The first-order valence-corrected chi connectivity index (χ1v) is 7.98. The minimum Gasteiger partial charge on any atom is -0.396 e. The number of hydrogen-bond acceptors (Lipinski definition) is 3. The van der Waals surface area contributed by atoms with Crippen molar-refractivity contribution in [1.29, 1.82) is 0 Å². The van der Waals surface area contributed by atoms with Crippen LogP contribution in [0.3, 0.4) is 0 Å². The molecule has 1 aromatic carbocycles. The van der Waals surface area contributed by atoms with Gasteiger partial charge in [-0.05, 0) is 42.9 Å². The number of nitrogens with two attached hydrogens (primary N) is 1. The topological polar surface area (TPSA) is 84.2 Å². The van der Waals surface area contributed by atoms with Gasteiger partial charge in [-0.2, -0.15) is 0 Å². The van der Waals surface area contributed by atoms with Crippen molar-refractivity contribution < 1.29 is 9.59 Å². The van der Waals surface area contributed by atoms with E-state index in [2.05, 4.69) is 22.1 Å². The van der Waals surface area contributed by atoms with Crippen molar-refractivity contribution in [2.45, 2.75) is 32.1 Å². The predicted octanol–water partition coefficient (Wildman–Crippen LogP) is 2.74. The summed E-state index contributed by atoms with van der Waals surface area (Å²) in [5, 5.41) is 5.55. The highest BCUT2D eigenvalue weighted by Gasteiger charge is 2.08. The molecule has 4 N–H and O–H groups in total. The SMILES string of the molecule is NC1=CC=C=C=C1NC(=O)CCCCCC(=O)Nc1ccccc1. The Balaban J connectivity index is 1.59. The molecular formula is C19H21N3O2. The van der Waals surface area contributed by atoms with Gasteiger partial charge in [0.15, 0.2) is 0 Å². The molecule has 124 valence electrons. The molecule has 0 atom stereocenters.